The van der Waals surface area contributed by atoms with Crippen molar-refractivity contribution in [2.24, 2.45) is 17.8 Å². The van der Waals surface area contributed by atoms with Gasteiger partial charge in [-0.05, 0) is 30.6 Å². The Kier molecular flexibility index (Phi) is 4.07. The molecule has 1 heteroatoms. The molecule has 0 aromatic rings. The molecule has 0 aromatic carbocycles. The molecule has 12 heavy (non-hydrogen) atoms. The molecule has 2 unspecified atom stereocenters. The van der Waals surface area contributed by atoms with Gasteiger partial charge in [0.25, 0.3) is 0 Å². The Morgan fingerprint density at radius 1 is 1.33 bits per heavy atom. The summed E-state index contributed by atoms with van der Waals surface area (Å²) < 4.78 is 5.48. The Bertz CT molecular complexity index is 120. The van der Waals surface area contributed by atoms with E-state index in [9.17, 15) is 0 Å². The van der Waals surface area contributed by atoms with Crippen molar-refractivity contribution in [1.82, 2.24) is 0 Å². The highest BCUT2D eigenvalue weighted by Gasteiger charge is 2.24. The predicted molar refractivity (Wildman–Crippen MR) is 52.2 cm³/mol. The second kappa shape index (κ2) is 4.86. The monoisotopic (exact) mass is 170 g/mol. The summed E-state index contributed by atoms with van der Waals surface area (Å²) in [6.07, 6.45) is 3.97. The van der Waals surface area contributed by atoms with Gasteiger partial charge in [0.05, 0.1) is 0 Å². The van der Waals surface area contributed by atoms with Gasteiger partial charge in [0.2, 0.25) is 0 Å². The minimum Gasteiger partial charge on any atom is -0.381 e. The molecule has 0 amide bonds. The molecular weight excluding hydrogens is 148 g/mol. The molecule has 0 bridgehead atoms. The van der Waals surface area contributed by atoms with Gasteiger partial charge in [-0.1, -0.05) is 27.2 Å². The van der Waals surface area contributed by atoms with E-state index in [4.69, 9.17) is 4.74 Å². The molecule has 1 heterocycles. The normalized spacial score (nSPS) is 31.0. The molecule has 2 atom stereocenters. The summed E-state index contributed by atoms with van der Waals surface area (Å²) >= 11 is 0. The quantitative estimate of drug-likeness (QED) is 0.632. The standard InChI is InChI=1S/C11H22O/c1-4-10-8-12-6-5-11(10)7-9(2)3/h9-11H,4-8H2,1-3H3. The van der Waals surface area contributed by atoms with Crippen molar-refractivity contribution >= 4 is 0 Å². The first-order valence-corrected chi connectivity index (χ1v) is 5.31. The summed E-state index contributed by atoms with van der Waals surface area (Å²) in [6.45, 7) is 8.93. The average molecular weight is 170 g/mol. The van der Waals surface area contributed by atoms with Gasteiger partial charge in [-0.15, -0.1) is 0 Å². The van der Waals surface area contributed by atoms with E-state index in [0.717, 1.165) is 31.0 Å². The molecule has 0 spiro atoms. The highest BCUT2D eigenvalue weighted by molar-refractivity contribution is 4.73. The zero-order valence-corrected chi connectivity index (χ0v) is 8.68. The van der Waals surface area contributed by atoms with Crippen LogP contribution in [0.3, 0.4) is 0 Å². The van der Waals surface area contributed by atoms with Gasteiger partial charge >= 0.3 is 0 Å². The highest BCUT2D eigenvalue weighted by atomic mass is 16.5. The lowest BCUT2D eigenvalue weighted by molar-refractivity contribution is 0.00870. The first-order chi connectivity index (χ1) is 5.74. The summed E-state index contributed by atoms with van der Waals surface area (Å²) in [5.74, 6) is 2.62. The van der Waals surface area contributed by atoms with Crippen molar-refractivity contribution in [3.05, 3.63) is 0 Å². The van der Waals surface area contributed by atoms with E-state index in [0.29, 0.717) is 0 Å². The third-order valence-electron chi connectivity index (χ3n) is 2.93. The van der Waals surface area contributed by atoms with Crippen molar-refractivity contribution < 1.29 is 4.74 Å². The number of hydrogen-bond acceptors (Lipinski definition) is 1. The molecule has 72 valence electrons. The van der Waals surface area contributed by atoms with Crippen LogP contribution in [0.1, 0.15) is 40.0 Å². The molecule has 1 saturated heterocycles. The topological polar surface area (TPSA) is 9.23 Å². The van der Waals surface area contributed by atoms with Gasteiger partial charge in [-0.25, -0.2) is 0 Å². The van der Waals surface area contributed by atoms with Crippen LogP contribution in [0.2, 0.25) is 0 Å². The molecule has 1 rings (SSSR count). The van der Waals surface area contributed by atoms with Crippen LogP contribution in [-0.2, 0) is 4.74 Å². The van der Waals surface area contributed by atoms with Crippen molar-refractivity contribution in [3.8, 4) is 0 Å². The summed E-state index contributed by atoms with van der Waals surface area (Å²) in [5, 5.41) is 0. The largest absolute Gasteiger partial charge is 0.381 e. The highest BCUT2D eigenvalue weighted by Crippen LogP contribution is 2.29. The lowest BCUT2D eigenvalue weighted by Gasteiger charge is -2.31. The first kappa shape index (κ1) is 10.0. The van der Waals surface area contributed by atoms with Crippen molar-refractivity contribution in [2.45, 2.75) is 40.0 Å². The van der Waals surface area contributed by atoms with Crippen molar-refractivity contribution in [1.29, 1.82) is 0 Å². The van der Waals surface area contributed by atoms with Crippen molar-refractivity contribution in [2.75, 3.05) is 13.2 Å². The Hall–Kier alpha value is -0.0400. The van der Waals surface area contributed by atoms with Crippen LogP contribution in [-0.4, -0.2) is 13.2 Å². The van der Waals surface area contributed by atoms with Gasteiger partial charge in [0, 0.05) is 13.2 Å². The summed E-state index contributed by atoms with van der Waals surface area (Å²) in [4.78, 5) is 0. The average Bonchev–Trinajstić information content (AvgIpc) is 2.04. The van der Waals surface area contributed by atoms with E-state index < -0.39 is 0 Å². The second-order valence-corrected chi connectivity index (χ2v) is 4.42. The van der Waals surface area contributed by atoms with Gasteiger partial charge < -0.3 is 4.74 Å². The van der Waals surface area contributed by atoms with Crippen LogP contribution in [0.5, 0.6) is 0 Å². The van der Waals surface area contributed by atoms with Crippen LogP contribution in [0.25, 0.3) is 0 Å². The van der Waals surface area contributed by atoms with E-state index in [-0.39, 0.29) is 0 Å². The molecule has 1 nitrogen and oxygen atoms in total. The molecule has 0 saturated carbocycles. The van der Waals surface area contributed by atoms with Crippen LogP contribution in [0.15, 0.2) is 0 Å². The Balaban J connectivity index is 2.36. The van der Waals surface area contributed by atoms with E-state index in [1.165, 1.54) is 19.3 Å². The van der Waals surface area contributed by atoms with E-state index in [1.807, 2.05) is 0 Å². The zero-order chi connectivity index (χ0) is 8.97. The SMILES string of the molecule is CCC1COCCC1CC(C)C. The molecule has 1 fully saturated rings. The third-order valence-corrected chi connectivity index (χ3v) is 2.93. The Morgan fingerprint density at radius 3 is 2.67 bits per heavy atom. The fourth-order valence-corrected chi connectivity index (χ4v) is 2.21. The lowest BCUT2D eigenvalue weighted by atomic mass is 9.81. The fourth-order valence-electron chi connectivity index (χ4n) is 2.21. The maximum atomic E-state index is 5.48. The minimum atomic E-state index is 0.834. The number of hydrogen-bond donors (Lipinski definition) is 0. The van der Waals surface area contributed by atoms with Gasteiger partial charge in [0.15, 0.2) is 0 Å². The van der Waals surface area contributed by atoms with Gasteiger partial charge in [-0.2, -0.15) is 0 Å². The molecular formula is C11H22O. The molecule has 0 N–H and O–H groups in total. The van der Waals surface area contributed by atoms with Crippen LogP contribution >= 0.6 is 0 Å². The van der Waals surface area contributed by atoms with E-state index >= 15 is 0 Å². The van der Waals surface area contributed by atoms with E-state index in [2.05, 4.69) is 20.8 Å². The maximum absolute atomic E-state index is 5.48. The van der Waals surface area contributed by atoms with Crippen LogP contribution in [0, 0.1) is 17.8 Å². The molecule has 0 radical (unpaired) electrons. The zero-order valence-electron chi connectivity index (χ0n) is 8.68. The van der Waals surface area contributed by atoms with Gasteiger partial charge in [0.1, 0.15) is 0 Å². The van der Waals surface area contributed by atoms with Crippen molar-refractivity contribution in [3.63, 3.8) is 0 Å². The summed E-state index contributed by atoms with van der Waals surface area (Å²) in [7, 11) is 0. The maximum Gasteiger partial charge on any atom is 0.0496 e. The number of ether oxygens (including phenoxy) is 1. The lowest BCUT2D eigenvalue weighted by Crippen LogP contribution is -2.27. The first-order valence-electron chi connectivity index (χ1n) is 5.31. The summed E-state index contributed by atoms with van der Waals surface area (Å²) in [5.41, 5.74) is 0. The fraction of sp³-hybridized carbons (Fsp3) is 1.00. The third kappa shape index (κ3) is 2.78. The molecule has 1 aliphatic rings. The van der Waals surface area contributed by atoms with Crippen LogP contribution < -0.4 is 0 Å². The number of rotatable bonds is 3. The Labute approximate surface area is 76.5 Å². The predicted octanol–water partition coefficient (Wildman–Crippen LogP) is 3.10. The second-order valence-electron chi connectivity index (χ2n) is 4.42. The van der Waals surface area contributed by atoms with E-state index in [1.54, 1.807) is 0 Å². The molecule has 0 aromatic heterocycles. The van der Waals surface area contributed by atoms with Gasteiger partial charge in [-0.3, -0.25) is 0 Å². The molecule has 0 aliphatic carbocycles. The summed E-state index contributed by atoms with van der Waals surface area (Å²) in [6, 6.07) is 0. The Morgan fingerprint density at radius 2 is 2.08 bits per heavy atom. The minimum absolute atomic E-state index is 0.834. The van der Waals surface area contributed by atoms with Crippen LogP contribution in [0.4, 0.5) is 0 Å². The smallest absolute Gasteiger partial charge is 0.0496 e. The molecule has 1 aliphatic heterocycles.